The Labute approximate surface area is 157 Å². The molecule has 0 heterocycles. The van der Waals surface area contributed by atoms with Crippen molar-refractivity contribution in [2.75, 3.05) is 7.11 Å². The summed E-state index contributed by atoms with van der Waals surface area (Å²) in [5.74, 6) is -1.76. The fraction of sp³-hybridized carbons (Fsp3) is 0.190. The van der Waals surface area contributed by atoms with E-state index < -0.39 is 5.97 Å². The average Bonchev–Trinajstić information content (AvgIpc) is 2.60. The van der Waals surface area contributed by atoms with Crippen LogP contribution in [0.15, 0.2) is 35.9 Å². The number of carboxylic acids is 1. The molecule has 0 aliphatic heterocycles. The molecule has 0 atom stereocenters. The van der Waals surface area contributed by atoms with E-state index in [1.54, 1.807) is 18.2 Å². The largest absolute Gasteiger partial charge is 0.507 e. The molecule has 0 aromatic heterocycles. The maximum absolute atomic E-state index is 11.7. The number of carbonyl (C=O) groups is 1. The molecule has 0 amide bonds. The van der Waals surface area contributed by atoms with Gasteiger partial charge in [0.2, 0.25) is 0 Å². The highest BCUT2D eigenvalue weighted by Crippen LogP contribution is 2.36. The van der Waals surface area contributed by atoms with Gasteiger partial charge < -0.3 is 25.2 Å². The number of rotatable bonds is 6. The van der Waals surface area contributed by atoms with Crippen molar-refractivity contribution in [3.63, 3.8) is 0 Å². The van der Waals surface area contributed by atoms with Crippen LogP contribution >= 0.6 is 0 Å². The van der Waals surface area contributed by atoms with Crippen LogP contribution in [0.4, 0.5) is 0 Å². The van der Waals surface area contributed by atoms with Crippen molar-refractivity contribution in [1.82, 2.24) is 0 Å². The van der Waals surface area contributed by atoms with Crippen molar-refractivity contribution in [1.29, 1.82) is 0 Å². The Balaban J connectivity index is 2.56. The first-order chi connectivity index (χ1) is 12.7. The van der Waals surface area contributed by atoms with E-state index in [0.29, 0.717) is 23.3 Å². The van der Waals surface area contributed by atoms with Gasteiger partial charge in [0.15, 0.2) is 11.5 Å². The highest BCUT2D eigenvalue weighted by atomic mass is 16.5. The summed E-state index contributed by atoms with van der Waals surface area (Å²) in [4.78, 5) is 11.7. The van der Waals surface area contributed by atoms with E-state index in [4.69, 9.17) is 4.74 Å². The number of hydrogen-bond acceptors (Lipinski definition) is 5. The first-order valence-corrected chi connectivity index (χ1v) is 8.24. The number of allylic oxidation sites excluding steroid dienone is 2. The third-order valence-corrected chi connectivity index (χ3v) is 4.00. The van der Waals surface area contributed by atoms with Crippen LogP contribution in [-0.2, 0) is 6.42 Å². The van der Waals surface area contributed by atoms with Gasteiger partial charge in [-0.25, -0.2) is 4.79 Å². The van der Waals surface area contributed by atoms with Gasteiger partial charge in [-0.2, -0.15) is 0 Å². The second kappa shape index (κ2) is 8.31. The highest BCUT2D eigenvalue weighted by Gasteiger charge is 2.21. The SMILES string of the molecule is COc1cc(/C=C\c2ccc(O)c(O)c2)c(C(=O)O)c(O)c1CC=C(C)C. The maximum Gasteiger partial charge on any atom is 0.340 e. The molecule has 0 fully saturated rings. The summed E-state index contributed by atoms with van der Waals surface area (Å²) in [5.41, 5.74) is 2.01. The maximum atomic E-state index is 11.7. The Kier molecular flexibility index (Phi) is 6.13. The number of ether oxygens (including phenoxy) is 1. The van der Waals surface area contributed by atoms with E-state index in [1.807, 2.05) is 19.9 Å². The van der Waals surface area contributed by atoms with Gasteiger partial charge in [0.25, 0.3) is 0 Å². The van der Waals surface area contributed by atoms with Crippen LogP contribution in [0.1, 0.15) is 40.9 Å². The standard InChI is InChI=1S/C21H22O6/c1-12(2)4-8-15-18(27-3)11-14(19(20(15)24)21(25)26)7-5-13-6-9-16(22)17(23)10-13/h4-7,9-11,22-24H,8H2,1-3H3,(H,25,26)/b7-5-. The molecule has 0 saturated heterocycles. The first-order valence-electron chi connectivity index (χ1n) is 8.24. The van der Waals surface area contributed by atoms with E-state index >= 15 is 0 Å². The van der Waals surface area contributed by atoms with Gasteiger partial charge >= 0.3 is 5.97 Å². The van der Waals surface area contributed by atoms with Crippen molar-refractivity contribution >= 4 is 18.1 Å². The normalized spacial score (nSPS) is 10.8. The van der Waals surface area contributed by atoms with Crippen LogP contribution in [0.5, 0.6) is 23.0 Å². The first kappa shape index (κ1) is 19.9. The molecule has 2 rings (SSSR count). The molecule has 27 heavy (non-hydrogen) atoms. The topological polar surface area (TPSA) is 107 Å². The van der Waals surface area contributed by atoms with Crippen LogP contribution in [-0.4, -0.2) is 33.5 Å². The molecule has 0 unspecified atom stereocenters. The van der Waals surface area contributed by atoms with E-state index in [9.17, 15) is 25.2 Å². The molecule has 142 valence electrons. The van der Waals surface area contributed by atoms with Crippen LogP contribution in [0.3, 0.4) is 0 Å². The Bertz CT molecular complexity index is 921. The minimum absolute atomic E-state index is 0.229. The summed E-state index contributed by atoms with van der Waals surface area (Å²) in [6, 6.07) is 5.78. The molecule has 2 aromatic carbocycles. The molecule has 6 heteroatoms. The minimum Gasteiger partial charge on any atom is -0.507 e. The summed E-state index contributed by atoms with van der Waals surface area (Å²) in [6.07, 6.45) is 5.28. The van der Waals surface area contributed by atoms with E-state index in [0.717, 1.165) is 5.57 Å². The second-order valence-electron chi connectivity index (χ2n) is 6.24. The van der Waals surface area contributed by atoms with Gasteiger partial charge in [-0.15, -0.1) is 0 Å². The molecule has 6 nitrogen and oxygen atoms in total. The minimum atomic E-state index is -1.26. The van der Waals surface area contributed by atoms with Gasteiger partial charge in [-0.1, -0.05) is 29.9 Å². The fourth-order valence-corrected chi connectivity index (χ4v) is 2.58. The predicted octanol–water partition coefficient (Wildman–Crippen LogP) is 4.19. The molecule has 0 aliphatic carbocycles. The summed E-state index contributed by atoms with van der Waals surface area (Å²) in [5, 5.41) is 39.0. The van der Waals surface area contributed by atoms with E-state index in [2.05, 4.69) is 0 Å². The van der Waals surface area contributed by atoms with Gasteiger partial charge in [-0.3, -0.25) is 0 Å². The summed E-state index contributed by atoms with van der Waals surface area (Å²) >= 11 is 0. The quantitative estimate of drug-likeness (QED) is 0.345. The van der Waals surface area contributed by atoms with Crippen molar-refractivity contribution in [2.24, 2.45) is 0 Å². The Morgan fingerprint density at radius 3 is 2.33 bits per heavy atom. The van der Waals surface area contributed by atoms with Crippen molar-refractivity contribution in [3.8, 4) is 23.0 Å². The van der Waals surface area contributed by atoms with Crippen LogP contribution < -0.4 is 4.74 Å². The van der Waals surface area contributed by atoms with Crippen LogP contribution in [0, 0.1) is 0 Å². The lowest BCUT2D eigenvalue weighted by Gasteiger charge is -2.14. The zero-order valence-electron chi connectivity index (χ0n) is 15.4. The Morgan fingerprint density at radius 2 is 1.78 bits per heavy atom. The predicted molar refractivity (Wildman–Crippen MR) is 103 cm³/mol. The monoisotopic (exact) mass is 370 g/mol. The average molecular weight is 370 g/mol. The number of aromatic carboxylic acids is 1. The fourth-order valence-electron chi connectivity index (χ4n) is 2.58. The molecule has 0 bridgehead atoms. The third-order valence-electron chi connectivity index (χ3n) is 4.00. The molecule has 0 spiro atoms. The zero-order chi connectivity index (χ0) is 20.1. The van der Waals surface area contributed by atoms with Crippen molar-refractivity contribution < 1.29 is 30.0 Å². The lowest BCUT2D eigenvalue weighted by molar-refractivity contribution is 0.0693. The molecule has 2 aromatic rings. The number of carboxylic acid groups (broad SMARTS) is 1. The number of hydrogen-bond donors (Lipinski definition) is 4. The number of phenols is 3. The van der Waals surface area contributed by atoms with Gasteiger partial charge in [0.05, 0.1) is 7.11 Å². The second-order valence-corrected chi connectivity index (χ2v) is 6.24. The molecular formula is C21H22O6. The molecule has 0 aliphatic rings. The number of phenolic OH excluding ortho intramolecular Hbond substituents is 2. The van der Waals surface area contributed by atoms with E-state index in [-0.39, 0.29) is 28.4 Å². The third kappa shape index (κ3) is 4.61. The Morgan fingerprint density at radius 1 is 1.07 bits per heavy atom. The van der Waals surface area contributed by atoms with Crippen molar-refractivity contribution in [3.05, 3.63) is 58.2 Å². The Hall–Kier alpha value is -3.41. The summed E-state index contributed by atoms with van der Waals surface area (Å²) in [6.45, 7) is 3.82. The number of benzene rings is 2. The highest BCUT2D eigenvalue weighted by molar-refractivity contribution is 5.97. The van der Waals surface area contributed by atoms with Gasteiger partial charge in [0.1, 0.15) is 17.1 Å². The number of aromatic hydroxyl groups is 3. The number of methoxy groups -OCH3 is 1. The van der Waals surface area contributed by atoms with Crippen LogP contribution in [0.25, 0.3) is 12.2 Å². The molecule has 4 N–H and O–H groups in total. The van der Waals surface area contributed by atoms with Crippen molar-refractivity contribution in [2.45, 2.75) is 20.3 Å². The van der Waals surface area contributed by atoms with Gasteiger partial charge in [0, 0.05) is 5.56 Å². The summed E-state index contributed by atoms with van der Waals surface area (Å²) in [7, 11) is 1.45. The molecular weight excluding hydrogens is 348 g/mol. The lowest BCUT2D eigenvalue weighted by atomic mass is 9.97. The zero-order valence-corrected chi connectivity index (χ0v) is 15.4. The summed E-state index contributed by atoms with van der Waals surface area (Å²) < 4.78 is 5.33. The molecule has 0 radical (unpaired) electrons. The smallest absolute Gasteiger partial charge is 0.340 e. The lowest BCUT2D eigenvalue weighted by Crippen LogP contribution is -2.04. The van der Waals surface area contributed by atoms with Crippen LogP contribution in [0.2, 0.25) is 0 Å². The molecule has 0 saturated carbocycles. The van der Waals surface area contributed by atoms with E-state index in [1.165, 1.54) is 25.3 Å². The van der Waals surface area contributed by atoms with Gasteiger partial charge in [-0.05, 0) is 49.6 Å².